The molecule has 1 saturated heterocycles. The summed E-state index contributed by atoms with van der Waals surface area (Å²) >= 11 is 0. The third-order valence-corrected chi connectivity index (χ3v) is 7.95. The molecule has 3 amide bonds. The van der Waals surface area contributed by atoms with Gasteiger partial charge in [-0.2, -0.15) is 0 Å². The molecule has 1 aliphatic rings. The zero-order valence-corrected chi connectivity index (χ0v) is 25.1. The average Bonchev–Trinajstić information content (AvgIpc) is 3.44. The number of aromatic amines is 1. The monoisotopic (exact) mass is 586 g/mol. The minimum atomic E-state index is -0.890. The van der Waals surface area contributed by atoms with Gasteiger partial charge in [-0.25, -0.2) is 9.18 Å². The molecule has 1 aromatic heterocycles. The summed E-state index contributed by atoms with van der Waals surface area (Å²) in [4.78, 5) is 36.6. The number of amides is 3. The Morgan fingerprint density at radius 2 is 1.74 bits per heavy atom. The normalized spacial score (nSPS) is 14.9. The van der Waals surface area contributed by atoms with E-state index in [0.29, 0.717) is 49.8 Å². The van der Waals surface area contributed by atoms with Crippen molar-refractivity contribution in [2.75, 3.05) is 57.6 Å². The van der Waals surface area contributed by atoms with E-state index in [9.17, 15) is 14.0 Å². The third kappa shape index (κ3) is 6.75. The summed E-state index contributed by atoms with van der Waals surface area (Å²) in [6.45, 7) is 4.40. The van der Waals surface area contributed by atoms with Gasteiger partial charge in [0.15, 0.2) is 0 Å². The maximum atomic E-state index is 14.4. The maximum Gasteiger partial charge on any atom is 0.318 e. The zero-order chi connectivity index (χ0) is 30.5. The van der Waals surface area contributed by atoms with E-state index in [1.807, 2.05) is 79.5 Å². The van der Waals surface area contributed by atoms with Crippen LogP contribution in [0.5, 0.6) is 5.75 Å². The van der Waals surface area contributed by atoms with E-state index in [0.717, 1.165) is 22.0 Å². The largest absolute Gasteiger partial charge is 0.495 e. The second-order valence-electron chi connectivity index (χ2n) is 11.2. The number of halogens is 1. The predicted octanol–water partition coefficient (Wildman–Crippen LogP) is 5.02. The number of carbonyl (C=O) groups is 2. The molecule has 9 nitrogen and oxygen atoms in total. The second-order valence-corrected chi connectivity index (χ2v) is 11.2. The number of para-hydroxylation sites is 2. The smallest absolute Gasteiger partial charge is 0.318 e. The summed E-state index contributed by atoms with van der Waals surface area (Å²) < 4.78 is 19.9. The molecule has 2 heterocycles. The molecule has 2 atom stereocenters. The molecule has 226 valence electrons. The fraction of sp³-hybridized carbons (Fsp3) is 0.333. The van der Waals surface area contributed by atoms with Crippen LogP contribution < -0.4 is 20.3 Å². The summed E-state index contributed by atoms with van der Waals surface area (Å²) in [5.74, 6) is -0.466. The average molecular weight is 587 g/mol. The molecule has 1 fully saturated rings. The summed E-state index contributed by atoms with van der Waals surface area (Å²) in [5, 5.41) is 7.05. The van der Waals surface area contributed by atoms with Gasteiger partial charge in [0.2, 0.25) is 5.91 Å². The van der Waals surface area contributed by atoms with Crippen molar-refractivity contribution in [1.82, 2.24) is 20.1 Å². The number of carbonyl (C=O) groups excluding carboxylic acids is 2. The van der Waals surface area contributed by atoms with E-state index < -0.39 is 6.04 Å². The van der Waals surface area contributed by atoms with Gasteiger partial charge in [-0.15, -0.1) is 0 Å². The number of nitrogens with zero attached hydrogens (tertiary/aromatic N) is 3. The number of H-pyrrole nitrogens is 1. The highest BCUT2D eigenvalue weighted by molar-refractivity contribution is 5.99. The molecular weight excluding hydrogens is 547 g/mol. The van der Waals surface area contributed by atoms with E-state index >= 15 is 0 Å². The number of anilines is 2. The molecule has 3 aromatic carbocycles. The first-order valence-electron chi connectivity index (χ1n) is 14.5. The fourth-order valence-electron chi connectivity index (χ4n) is 5.68. The Hall–Kier alpha value is -4.57. The highest BCUT2D eigenvalue weighted by Crippen LogP contribution is 2.31. The van der Waals surface area contributed by atoms with Gasteiger partial charge in [0.1, 0.15) is 17.6 Å². The summed E-state index contributed by atoms with van der Waals surface area (Å²) in [5.41, 5.74) is 3.96. The highest BCUT2D eigenvalue weighted by atomic mass is 19.1. The topological polar surface area (TPSA) is 92.9 Å². The number of nitrogens with one attached hydrogen (secondary N) is 3. The van der Waals surface area contributed by atoms with Crippen LogP contribution in [0.25, 0.3) is 10.9 Å². The molecule has 3 N–H and O–H groups in total. The van der Waals surface area contributed by atoms with E-state index in [2.05, 4.69) is 15.6 Å². The quantitative estimate of drug-likeness (QED) is 0.256. The Morgan fingerprint density at radius 3 is 2.47 bits per heavy atom. The van der Waals surface area contributed by atoms with Crippen LogP contribution in [0.15, 0.2) is 72.9 Å². The van der Waals surface area contributed by atoms with Crippen LogP contribution in [0.2, 0.25) is 0 Å². The highest BCUT2D eigenvalue weighted by Gasteiger charge is 2.33. The summed E-state index contributed by atoms with van der Waals surface area (Å²) in [7, 11) is 5.52. The molecule has 1 aliphatic heterocycles. The van der Waals surface area contributed by atoms with Gasteiger partial charge in [-0.05, 0) is 55.6 Å². The first kappa shape index (κ1) is 29.9. The Bertz CT molecular complexity index is 1580. The van der Waals surface area contributed by atoms with Gasteiger partial charge >= 0.3 is 6.03 Å². The van der Waals surface area contributed by atoms with E-state index in [-0.39, 0.29) is 23.7 Å². The van der Waals surface area contributed by atoms with Crippen LogP contribution in [0.3, 0.4) is 0 Å². The zero-order valence-electron chi connectivity index (χ0n) is 25.1. The minimum Gasteiger partial charge on any atom is -0.495 e. The number of hydrogen-bond acceptors (Lipinski definition) is 5. The Labute approximate surface area is 251 Å². The lowest BCUT2D eigenvalue weighted by Gasteiger charge is -2.37. The standard InChI is InChI=1S/C33H39FN6O3/c1-22(25-20-35-27-11-7-5-9-24(25)27)31(32(41)36-28-19-23(21-38(2)3)13-14-30(28)43-4)37-33(42)40-17-15-39(16-18-40)29-12-8-6-10-26(29)34/h5-14,19-20,22,31,35H,15-18,21H2,1-4H3,(H,36,41)(H,37,42)/t22-,31-/m1/s1. The Balaban J connectivity index is 1.37. The Kier molecular flexibility index (Phi) is 9.16. The van der Waals surface area contributed by atoms with E-state index in [1.165, 1.54) is 6.07 Å². The van der Waals surface area contributed by atoms with Gasteiger partial charge in [0, 0.05) is 55.7 Å². The second kappa shape index (κ2) is 13.2. The van der Waals surface area contributed by atoms with Crippen molar-refractivity contribution in [1.29, 1.82) is 0 Å². The first-order valence-corrected chi connectivity index (χ1v) is 14.5. The number of piperazine rings is 1. The van der Waals surface area contributed by atoms with Gasteiger partial charge in [0.25, 0.3) is 0 Å². The SMILES string of the molecule is COc1ccc(CN(C)C)cc1NC(=O)[C@H](NC(=O)N1CCN(c2ccccc2F)CC1)[C@H](C)c1c[nH]c2ccccc12. The fourth-order valence-corrected chi connectivity index (χ4v) is 5.68. The van der Waals surface area contributed by atoms with Crippen molar-refractivity contribution in [3.8, 4) is 5.75 Å². The number of methoxy groups -OCH3 is 1. The van der Waals surface area contributed by atoms with Crippen LogP contribution in [0, 0.1) is 5.82 Å². The van der Waals surface area contributed by atoms with Crippen molar-refractivity contribution in [3.63, 3.8) is 0 Å². The van der Waals surface area contributed by atoms with Gasteiger partial charge in [-0.3, -0.25) is 4.79 Å². The molecule has 5 rings (SSSR count). The van der Waals surface area contributed by atoms with Crippen molar-refractivity contribution in [3.05, 3.63) is 89.9 Å². The lowest BCUT2D eigenvalue weighted by atomic mass is 9.92. The van der Waals surface area contributed by atoms with E-state index in [4.69, 9.17) is 4.74 Å². The molecule has 0 bridgehead atoms. The number of rotatable bonds is 9. The molecular formula is C33H39FN6O3. The van der Waals surface area contributed by atoms with Crippen molar-refractivity contribution >= 4 is 34.2 Å². The number of urea groups is 1. The van der Waals surface area contributed by atoms with Crippen molar-refractivity contribution in [2.45, 2.75) is 25.4 Å². The van der Waals surface area contributed by atoms with Crippen LogP contribution in [-0.2, 0) is 11.3 Å². The molecule has 0 radical (unpaired) electrons. The summed E-state index contributed by atoms with van der Waals surface area (Å²) in [6.07, 6.45) is 1.90. The molecule has 0 spiro atoms. The first-order chi connectivity index (χ1) is 20.7. The number of benzene rings is 3. The van der Waals surface area contributed by atoms with Crippen molar-refractivity contribution < 1.29 is 18.7 Å². The molecule has 0 aliphatic carbocycles. The molecule has 4 aromatic rings. The van der Waals surface area contributed by atoms with Crippen LogP contribution in [0.1, 0.15) is 24.0 Å². The lowest BCUT2D eigenvalue weighted by Crippen LogP contribution is -2.56. The van der Waals surface area contributed by atoms with Crippen LogP contribution >= 0.6 is 0 Å². The van der Waals surface area contributed by atoms with Crippen LogP contribution in [-0.4, -0.2) is 80.1 Å². The number of ether oxygens (including phenoxy) is 1. The Morgan fingerprint density at radius 1 is 1.02 bits per heavy atom. The molecule has 0 saturated carbocycles. The van der Waals surface area contributed by atoms with Crippen molar-refractivity contribution in [2.24, 2.45) is 0 Å². The van der Waals surface area contributed by atoms with Gasteiger partial charge in [0.05, 0.1) is 18.5 Å². The third-order valence-electron chi connectivity index (χ3n) is 7.95. The van der Waals surface area contributed by atoms with Gasteiger partial charge in [-0.1, -0.05) is 43.3 Å². The molecule has 43 heavy (non-hydrogen) atoms. The predicted molar refractivity (Wildman–Crippen MR) is 168 cm³/mol. The van der Waals surface area contributed by atoms with Gasteiger partial charge < -0.3 is 35.1 Å². The molecule has 10 heteroatoms. The number of hydrogen-bond donors (Lipinski definition) is 3. The maximum absolute atomic E-state index is 14.4. The van der Waals surface area contributed by atoms with Crippen LogP contribution in [0.4, 0.5) is 20.6 Å². The minimum absolute atomic E-state index is 0.283. The summed E-state index contributed by atoms with van der Waals surface area (Å²) in [6, 6.07) is 19.0. The lowest BCUT2D eigenvalue weighted by molar-refractivity contribution is -0.118. The molecule has 0 unspecified atom stereocenters. The number of fused-ring (bicyclic) bond motifs is 1. The number of aromatic nitrogens is 1. The van der Waals surface area contributed by atoms with E-state index in [1.54, 1.807) is 30.2 Å².